The first-order valence-corrected chi connectivity index (χ1v) is 11.0. The molecule has 1 aliphatic heterocycles. The summed E-state index contributed by atoms with van der Waals surface area (Å²) in [5, 5.41) is 2.89. The second-order valence-electron chi connectivity index (χ2n) is 6.64. The van der Waals surface area contributed by atoms with Crippen LogP contribution in [0.3, 0.4) is 0 Å². The number of hydrogen-bond acceptors (Lipinski definition) is 5. The van der Waals surface area contributed by atoms with Gasteiger partial charge in [-0.15, -0.1) is 0 Å². The van der Waals surface area contributed by atoms with Gasteiger partial charge in [-0.25, -0.2) is 17.9 Å². The van der Waals surface area contributed by atoms with E-state index in [9.17, 15) is 13.2 Å². The van der Waals surface area contributed by atoms with E-state index < -0.39 is 10.0 Å². The van der Waals surface area contributed by atoms with Gasteiger partial charge in [0, 0.05) is 19.6 Å². The zero-order chi connectivity index (χ0) is 20.9. The lowest BCUT2D eigenvalue weighted by molar-refractivity contribution is 0.173. The van der Waals surface area contributed by atoms with Crippen molar-refractivity contribution in [3.05, 3.63) is 59.2 Å². The molecule has 2 N–H and O–H groups in total. The Morgan fingerprint density at radius 1 is 1.07 bits per heavy atom. The standard InChI is InChI=1S/C20H25N3O5S/c1-3-23(12-16-7-8-18-19(10-16)28-14-27-18)20(24)22-11-15-5-4-6-17(9-15)13-29(25,26)21-2/h4-10,21H,3,11-14H2,1-2H3,(H,22,24). The van der Waals surface area contributed by atoms with Crippen LogP contribution >= 0.6 is 0 Å². The van der Waals surface area contributed by atoms with Crippen LogP contribution < -0.4 is 19.5 Å². The molecule has 8 nitrogen and oxygen atoms in total. The van der Waals surface area contributed by atoms with Crippen LogP contribution in [0, 0.1) is 0 Å². The fraction of sp³-hybridized carbons (Fsp3) is 0.350. The number of hydrogen-bond donors (Lipinski definition) is 2. The molecule has 0 fully saturated rings. The van der Waals surface area contributed by atoms with Crippen molar-refractivity contribution in [2.24, 2.45) is 0 Å². The first kappa shape index (κ1) is 20.9. The lowest BCUT2D eigenvalue weighted by Gasteiger charge is -2.22. The molecule has 0 saturated heterocycles. The third kappa shape index (κ3) is 5.61. The topological polar surface area (TPSA) is 97.0 Å². The number of fused-ring (bicyclic) bond motifs is 1. The fourth-order valence-corrected chi connectivity index (χ4v) is 3.76. The van der Waals surface area contributed by atoms with Gasteiger partial charge >= 0.3 is 6.03 Å². The largest absolute Gasteiger partial charge is 0.454 e. The molecule has 29 heavy (non-hydrogen) atoms. The maximum atomic E-state index is 12.6. The number of nitrogens with zero attached hydrogens (tertiary/aromatic N) is 1. The molecule has 0 aromatic heterocycles. The minimum atomic E-state index is -3.34. The van der Waals surface area contributed by atoms with Gasteiger partial charge in [0.1, 0.15) is 0 Å². The molecule has 0 radical (unpaired) electrons. The van der Waals surface area contributed by atoms with Gasteiger partial charge in [0.25, 0.3) is 0 Å². The molecular weight excluding hydrogens is 394 g/mol. The van der Waals surface area contributed by atoms with Crippen LogP contribution in [0.25, 0.3) is 0 Å². The van der Waals surface area contributed by atoms with Crippen molar-refractivity contribution in [1.82, 2.24) is 14.9 Å². The van der Waals surface area contributed by atoms with Crippen LogP contribution in [0.4, 0.5) is 4.79 Å². The predicted molar refractivity (Wildman–Crippen MR) is 109 cm³/mol. The predicted octanol–water partition coefficient (Wildman–Crippen LogP) is 2.20. The summed E-state index contributed by atoms with van der Waals surface area (Å²) in [5.74, 6) is 1.30. The highest BCUT2D eigenvalue weighted by Gasteiger charge is 2.17. The molecule has 9 heteroatoms. The Balaban J connectivity index is 1.59. The van der Waals surface area contributed by atoms with Crippen LogP contribution in [-0.2, 0) is 28.9 Å². The van der Waals surface area contributed by atoms with Crippen molar-refractivity contribution in [3.8, 4) is 11.5 Å². The van der Waals surface area contributed by atoms with E-state index in [1.807, 2.05) is 31.2 Å². The molecule has 0 atom stereocenters. The summed E-state index contributed by atoms with van der Waals surface area (Å²) in [6.07, 6.45) is 0. The number of sulfonamides is 1. The van der Waals surface area contributed by atoms with Gasteiger partial charge < -0.3 is 19.7 Å². The van der Waals surface area contributed by atoms with Crippen LogP contribution in [-0.4, -0.2) is 39.7 Å². The minimum Gasteiger partial charge on any atom is -0.454 e. The number of benzene rings is 2. The molecule has 0 saturated carbocycles. The van der Waals surface area contributed by atoms with E-state index in [-0.39, 0.29) is 18.6 Å². The van der Waals surface area contributed by atoms with E-state index in [4.69, 9.17) is 9.47 Å². The number of carbonyl (C=O) groups excluding carboxylic acids is 1. The Labute approximate surface area is 170 Å². The number of nitrogens with one attached hydrogen (secondary N) is 2. The Morgan fingerprint density at radius 2 is 1.83 bits per heavy atom. The first-order valence-electron chi connectivity index (χ1n) is 9.30. The van der Waals surface area contributed by atoms with E-state index >= 15 is 0 Å². The fourth-order valence-electron chi connectivity index (χ4n) is 3.00. The highest BCUT2D eigenvalue weighted by atomic mass is 32.2. The summed E-state index contributed by atoms with van der Waals surface area (Å²) in [6.45, 7) is 3.42. The van der Waals surface area contributed by atoms with E-state index in [0.29, 0.717) is 36.7 Å². The quantitative estimate of drug-likeness (QED) is 0.684. The zero-order valence-corrected chi connectivity index (χ0v) is 17.3. The lowest BCUT2D eigenvalue weighted by Crippen LogP contribution is -2.39. The van der Waals surface area contributed by atoms with Crippen molar-refractivity contribution < 1.29 is 22.7 Å². The Hall–Kier alpha value is -2.78. The molecule has 1 aliphatic rings. The van der Waals surface area contributed by atoms with Crippen molar-refractivity contribution in [3.63, 3.8) is 0 Å². The van der Waals surface area contributed by atoms with Crippen LogP contribution in [0.2, 0.25) is 0 Å². The normalized spacial score (nSPS) is 12.6. The van der Waals surface area contributed by atoms with Crippen LogP contribution in [0.5, 0.6) is 11.5 Å². The second-order valence-corrected chi connectivity index (χ2v) is 8.57. The molecule has 0 bridgehead atoms. The number of amides is 2. The Morgan fingerprint density at radius 3 is 2.59 bits per heavy atom. The van der Waals surface area contributed by atoms with Crippen molar-refractivity contribution in [1.29, 1.82) is 0 Å². The number of ether oxygens (including phenoxy) is 2. The van der Waals surface area contributed by atoms with Crippen molar-refractivity contribution >= 4 is 16.1 Å². The number of rotatable bonds is 8. The third-order valence-corrected chi connectivity index (χ3v) is 5.92. The van der Waals surface area contributed by atoms with E-state index in [2.05, 4.69) is 10.0 Å². The van der Waals surface area contributed by atoms with Gasteiger partial charge in [0.05, 0.1) is 5.75 Å². The zero-order valence-electron chi connectivity index (χ0n) is 16.5. The van der Waals surface area contributed by atoms with Gasteiger partial charge in [-0.1, -0.05) is 30.3 Å². The molecule has 0 unspecified atom stereocenters. The number of urea groups is 1. The van der Waals surface area contributed by atoms with Gasteiger partial charge in [-0.3, -0.25) is 0 Å². The van der Waals surface area contributed by atoms with E-state index in [1.54, 1.807) is 23.1 Å². The van der Waals surface area contributed by atoms with Crippen LogP contribution in [0.1, 0.15) is 23.6 Å². The Kier molecular flexibility index (Phi) is 6.60. The molecular formula is C20H25N3O5S. The average molecular weight is 420 g/mol. The maximum absolute atomic E-state index is 12.6. The van der Waals surface area contributed by atoms with Gasteiger partial charge in [0.2, 0.25) is 16.8 Å². The minimum absolute atomic E-state index is 0.101. The second kappa shape index (κ2) is 9.15. The van der Waals surface area contributed by atoms with E-state index in [0.717, 1.165) is 11.1 Å². The highest BCUT2D eigenvalue weighted by molar-refractivity contribution is 7.88. The Bertz CT molecular complexity index is 978. The molecule has 1 heterocycles. The smallest absolute Gasteiger partial charge is 0.317 e. The van der Waals surface area contributed by atoms with Gasteiger partial charge in [-0.05, 0) is 42.8 Å². The first-order chi connectivity index (χ1) is 13.9. The average Bonchev–Trinajstić information content (AvgIpc) is 3.18. The number of carbonyl (C=O) groups is 1. The monoisotopic (exact) mass is 419 g/mol. The molecule has 2 aromatic carbocycles. The van der Waals surface area contributed by atoms with E-state index in [1.165, 1.54) is 7.05 Å². The molecule has 156 valence electrons. The van der Waals surface area contributed by atoms with Crippen molar-refractivity contribution in [2.75, 3.05) is 20.4 Å². The summed E-state index contributed by atoms with van der Waals surface area (Å²) in [4.78, 5) is 14.3. The molecule has 0 spiro atoms. The maximum Gasteiger partial charge on any atom is 0.317 e. The SMILES string of the molecule is CCN(Cc1ccc2c(c1)OCO2)C(=O)NCc1cccc(CS(=O)(=O)NC)c1. The molecule has 0 aliphatic carbocycles. The lowest BCUT2D eigenvalue weighted by atomic mass is 10.1. The summed E-state index contributed by atoms with van der Waals surface area (Å²) in [6, 6.07) is 12.6. The van der Waals surface area contributed by atoms with Crippen molar-refractivity contribution in [2.45, 2.75) is 25.8 Å². The van der Waals surface area contributed by atoms with Crippen LogP contribution in [0.15, 0.2) is 42.5 Å². The summed E-state index contributed by atoms with van der Waals surface area (Å²) in [5.41, 5.74) is 2.45. The third-order valence-electron chi connectivity index (χ3n) is 4.58. The summed E-state index contributed by atoms with van der Waals surface area (Å²) in [7, 11) is -1.95. The molecule has 2 aromatic rings. The molecule has 2 amide bonds. The van der Waals surface area contributed by atoms with Gasteiger partial charge in [0.15, 0.2) is 11.5 Å². The molecule has 3 rings (SSSR count). The van der Waals surface area contributed by atoms with Gasteiger partial charge in [-0.2, -0.15) is 0 Å². The summed E-state index contributed by atoms with van der Waals surface area (Å²) >= 11 is 0. The summed E-state index contributed by atoms with van der Waals surface area (Å²) < 4.78 is 36.4. The highest BCUT2D eigenvalue weighted by Crippen LogP contribution is 2.32.